The van der Waals surface area contributed by atoms with E-state index in [2.05, 4.69) is 26.8 Å². The second-order valence-electron chi connectivity index (χ2n) is 6.29. The molecule has 0 heterocycles. The molecule has 3 aromatic carbocycles. The van der Waals surface area contributed by atoms with Crippen LogP contribution in [0.15, 0.2) is 71.2 Å². The Hall–Kier alpha value is -2.74. The van der Waals surface area contributed by atoms with Crippen LogP contribution in [0, 0.1) is 0 Å². The van der Waals surface area contributed by atoms with E-state index >= 15 is 0 Å². The molecular formula is C22H17BrCl2N2O4. The number of hydrazine groups is 1. The Bertz CT molecular complexity index is 1040. The molecule has 0 bridgehead atoms. The molecule has 0 aliphatic rings. The number of hydrogen-bond donors (Lipinski definition) is 2. The lowest BCUT2D eigenvalue weighted by molar-refractivity contribution is -0.123. The van der Waals surface area contributed by atoms with E-state index in [1.807, 2.05) is 30.3 Å². The second-order valence-corrected chi connectivity index (χ2v) is 7.99. The number of amides is 2. The van der Waals surface area contributed by atoms with Crippen molar-refractivity contribution >= 4 is 50.9 Å². The summed E-state index contributed by atoms with van der Waals surface area (Å²) in [4.78, 5) is 24.2. The molecule has 3 rings (SSSR count). The third kappa shape index (κ3) is 6.89. The Morgan fingerprint density at radius 3 is 2.29 bits per heavy atom. The fourth-order valence-corrected chi connectivity index (χ4v) is 3.85. The van der Waals surface area contributed by atoms with Gasteiger partial charge in [-0.15, -0.1) is 0 Å². The Kier molecular flexibility index (Phi) is 8.17. The van der Waals surface area contributed by atoms with Crippen molar-refractivity contribution in [2.24, 2.45) is 0 Å². The fraction of sp³-hybridized carbons (Fsp3) is 0.0909. The molecule has 0 saturated carbocycles. The van der Waals surface area contributed by atoms with Crippen molar-refractivity contribution in [1.29, 1.82) is 0 Å². The van der Waals surface area contributed by atoms with Gasteiger partial charge in [-0.25, -0.2) is 0 Å². The van der Waals surface area contributed by atoms with E-state index in [9.17, 15) is 9.59 Å². The standard InChI is InChI=1S/C22H17BrCl2N2O4/c23-18-10-16(24)11-19(25)21(18)31-13-20(28)26-27-22(29)15-6-8-17(9-7-15)30-12-14-4-2-1-3-5-14/h1-11H,12-13H2,(H,26,28)(H,27,29). The molecule has 0 aliphatic carbocycles. The highest BCUT2D eigenvalue weighted by atomic mass is 79.9. The highest BCUT2D eigenvalue weighted by molar-refractivity contribution is 9.10. The molecule has 0 aromatic heterocycles. The molecule has 160 valence electrons. The Balaban J connectivity index is 1.45. The largest absolute Gasteiger partial charge is 0.489 e. The highest BCUT2D eigenvalue weighted by Gasteiger charge is 2.12. The van der Waals surface area contributed by atoms with Crippen LogP contribution in [0.4, 0.5) is 0 Å². The van der Waals surface area contributed by atoms with Gasteiger partial charge in [-0.1, -0.05) is 53.5 Å². The summed E-state index contributed by atoms with van der Waals surface area (Å²) in [7, 11) is 0. The molecule has 0 aliphatic heterocycles. The zero-order valence-electron chi connectivity index (χ0n) is 16.0. The predicted molar refractivity (Wildman–Crippen MR) is 122 cm³/mol. The summed E-state index contributed by atoms with van der Waals surface area (Å²) in [6.45, 7) is 0.0721. The summed E-state index contributed by atoms with van der Waals surface area (Å²) in [6, 6.07) is 19.4. The average Bonchev–Trinajstić information content (AvgIpc) is 2.76. The predicted octanol–water partition coefficient (Wildman–Crippen LogP) is 5.17. The number of nitrogens with one attached hydrogen (secondary N) is 2. The molecule has 0 spiro atoms. The summed E-state index contributed by atoms with van der Waals surface area (Å²) in [6.07, 6.45) is 0. The lowest BCUT2D eigenvalue weighted by Crippen LogP contribution is -2.43. The Morgan fingerprint density at radius 1 is 0.903 bits per heavy atom. The maximum absolute atomic E-state index is 12.2. The lowest BCUT2D eigenvalue weighted by Gasteiger charge is -2.12. The zero-order chi connectivity index (χ0) is 22.2. The Labute approximate surface area is 197 Å². The molecule has 0 unspecified atom stereocenters. The van der Waals surface area contributed by atoms with Crippen LogP contribution in [-0.4, -0.2) is 18.4 Å². The van der Waals surface area contributed by atoms with E-state index in [1.54, 1.807) is 30.3 Å². The number of benzene rings is 3. The van der Waals surface area contributed by atoms with Crippen molar-refractivity contribution in [3.63, 3.8) is 0 Å². The summed E-state index contributed by atoms with van der Waals surface area (Å²) in [5.74, 6) is -0.135. The van der Waals surface area contributed by atoms with Crippen molar-refractivity contribution < 1.29 is 19.1 Å². The monoisotopic (exact) mass is 522 g/mol. The summed E-state index contributed by atoms with van der Waals surface area (Å²) >= 11 is 15.2. The van der Waals surface area contributed by atoms with E-state index in [0.717, 1.165) is 5.56 Å². The van der Waals surface area contributed by atoms with Crippen LogP contribution in [0.5, 0.6) is 11.5 Å². The van der Waals surface area contributed by atoms with Crippen LogP contribution in [-0.2, 0) is 11.4 Å². The molecular weight excluding hydrogens is 507 g/mol. The number of ether oxygens (including phenoxy) is 2. The number of halogens is 3. The molecule has 0 atom stereocenters. The first-order valence-corrected chi connectivity index (χ1v) is 10.6. The van der Waals surface area contributed by atoms with Gasteiger partial charge < -0.3 is 9.47 Å². The zero-order valence-corrected chi connectivity index (χ0v) is 19.1. The SMILES string of the molecule is O=C(COc1c(Cl)cc(Cl)cc1Br)NNC(=O)c1ccc(OCc2ccccc2)cc1. The van der Waals surface area contributed by atoms with E-state index in [0.29, 0.717) is 27.4 Å². The maximum Gasteiger partial charge on any atom is 0.276 e. The smallest absolute Gasteiger partial charge is 0.276 e. The van der Waals surface area contributed by atoms with Gasteiger partial charge in [0.2, 0.25) is 0 Å². The van der Waals surface area contributed by atoms with Crippen LogP contribution < -0.4 is 20.3 Å². The van der Waals surface area contributed by atoms with Gasteiger partial charge in [-0.2, -0.15) is 0 Å². The second kappa shape index (κ2) is 11.0. The normalized spacial score (nSPS) is 10.3. The first kappa shape index (κ1) is 22.9. The maximum atomic E-state index is 12.2. The van der Waals surface area contributed by atoms with Crippen molar-refractivity contribution in [1.82, 2.24) is 10.9 Å². The fourth-order valence-electron chi connectivity index (χ4n) is 2.48. The van der Waals surface area contributed by atoms with Gasteiger partial charge in [-0.05, 0) is 57.9 Å². The Morgan fingerprint density at radius 2 is 1.61 bits per heavy atom. The summed E-state index contributed by atoms with van der Waals surface area (Å²) in [5, 5.41) is 0.684. The molecule has 31 heavy (non-hydrogen) atoms. The number of carbonyl (C=O) groups is 2. The van der Waals surface area contributed by atoms with E-state index in [1.165, 1.54) is 6.07 Å². The van der Waals surface area contributed by atoms with Crippen LogP contribution in [0.1, 0.15) is 15.9 Å². The average molecular weight is 524 g/mol. The third-order valence-electron chi connectivity index (χ3n) is 3.99. The van der Waals surface area contributed by atoms with Crippen molar-refractivity contribution in [3.8, 4) is 11.5 Å². The van der Waals surface area contributed by atoms with E-state index in [4.69, 9.17) is 32.7 Å². The number of carbonyl (C=O) groups excluding carboxylic acids is 2. The molecule has 3 aromatic rings. The van der Waals surface area contributed by atoms with E-state index in [-0.39, 0.29) is 17.4 Å². The van der Waals surface area contributed by atoms with Gasteiger partial charge in [0, 0.05) is 10.6 Å². The van der Waals surface area contributed by atoms with Crippen LogP contribution in [0.3, 0.4) is 0 Å². The van der Waals surface area contributed by atoms with Gasteiger partial charge in [0.25, 0.3) is 11.8 Å². The number of hydrogen-bond acceptors (Lipinski definition) is 4. The molecule has 0 fully saturated rings. The van der Waals surface area contributed by atoms with Crippen LogP contribution >= 0.6 is 39.1 Å². The highest BCUT2D eigenvalue weighted by Crippen LogP contribution is 2.35. The first-order chi connectivity index (χ1) is 14.9. The van der Waals surface area contributed by atoms with Gasteiger partial charge in [0.1, 0.15) is 12.4 Å². The van der Waals surface area contributed by atoms with Gasteiger partial charge in [-0.3, -0.25) is 20.4 Å². The van der Waals surface area contributed by atoms with Crippen molar-refractivity contribution in [2.45, 2.75) is 6.61 Å². The van der Waals surface area contributed by atoms with Gasteiger partial charge in [0.05, 0.1) is 9.50 Å². The minimum absolute atomic E-state index is 0.255. The molecule has 2 amide bonds. The summed E-state index contributed by atoms with van der Waals surface area (Å²) in [5.41, 5.74) is 6.01. The topological polar surface area (TPSA) is 76.7 Å². The van der Waals surface area contributed by atoms with Gasteiger partial charge >= 0.3 is 0 Å². The third-order valence-corrected chi connectivity index (χ3v) is 5.08. The van der Waals surface area contributed by atoms with Crippen molar-refractivity contribution in [2.75, 3.05) is 6.61 Å². The molecule has 2 N–H and O–H groups in total. The number of rotatable bonds is 7. The molecule has 6 nitrogen and oxygen atoms in total. The summed E-state index contributed by atoms with van der Waals surface area (Å²) < 4.78 is 11.6. The minimum Gasteiger partial charge on any atom is -0.489 e. The molecule has 0 saturated heterocycles. The quantitative estimate of drug-likeness (QED) is 0.418. The van der Waals surface area contributed by atoms with Crippen LogP contribution in [0.25, 0.3) is 0 Å². The van der Waals surface area contributed by atoms with Gasteiger partial charge in [0.15, 0.2) is 12.4 Å². The first-order valence-electron chi connectivity index (χ1n) is 9.05. The van der Waals surface area contributed by atoms with E-state index < -0.39 is 11.8 Å². The van der Waals surface area contributed by atoms with Crippen molar-refractivity contribution in [3.05, 3.63) is 92.4 Å². The molecule has 0 radical (unpaired) electrons. The minimum atomic E-state index is -0.561. The lowest BCUT2D eigenvalue weighted by atomic mass is 10.2. The molecule has 9 heteroatoms. The van der Waals surface area contributed by atoms with Crippen LogP contribution in [0.2, 0.25) is 10.0 Å².